The third kappa shape index (κ3) is 5.34. The number of benzene rings is 2. The van der Waals surface area contributed by atoms with Crippen molar-refractivity contribution in [1.82, 2.24) is 20.2 Å². The Kier molecular flexibility index (Phi) is 6.55. The molecule has 194 valence electrons. The van der Waals surface area contributed by atoms with Crippen LogP contribution >= 0.6 is 0 Å². The van der Waals surface area contributed by atoms with E-state index >= 15 is 0 Å². The van der Waals surface area contributed by atoms with E-state index in [9.17, 15) is 22.7 Å². The Morgan fingerprint density at radius 1 is 0.947 bits per heavy atom. The summed E-state index contributed by atoms with van der Waals surface area (Å²) in [5.74, 6) is 0.00182. The molecule has 3 aromatic heterocycles. The van der Waals surface area contributed by atoms with E-state index < -0.39 is 23.8 Å². The highest BCUT2D eigenvalue weighted by molar-refractivity contribution is 5.89. The maximum atomic E-state index is 13.3. The van der Waals surface area contributed by atoms with E-state index in [4.69, 9.17) is 5.73 Å². The second kappa shape index (κ2) is 9.98. The fourth-order valence-corrected chi connectivity index (χ4v) is 3.85. The van der Waals surface area contributed by atoms with Gasteiger partial charge in [-0.1, -0.05) is 24.3 Å². The Bertz CT molecular complexity index is 1570. The minimum Gasteiger partial charge on any atom is -0.384 e. The van der Waals surface area contributed by atoms with Gasteiger partial charge in [0.1, 0.15) is 17.5 Å². The number of nitrogens with zero attached hydrogens (tertiary/aromatic N) is 3. The Balaban J connectivity index is 1.35. The maximum Gasteiger partial charge on any atom is 0.417 e. The maximum absolute atomic E-state index is 13.3. The third-order valence-electron chi connectivity index (χ3n) is 5.87. The molecule has 0 aliphatic carbocycles. The molecule has 0 amide bonds. The zero-order valence-electron chi connectivity index (χ0n) is 19.6. The van der Waals surface area contributed by atoms with E-state index in [0.29, 0.717) is 28.7 Å². The Labute approximate surface area is 213 Å². The van der Waals surface area contributed by atoms with Crippen LogP contribution in [0.5, 0.6) is 0 Å². The number of nitrogen functional groups attached to an aromatic ring is 1. The van der Waals surface area contributed by atoms with Gasteiger partial charge >= 0.3 is 6.18 Å². The van der Waals surface area contributed by atoms with Gasteiger partial charge in [0.15, 0.2) is 11.9 Å². The fourth-order valence-electron chi connectivity index (χ4n) is 3.85. The van der Waals surface area contributed by atoms with Gasteiger partial charge < -0.3 is 21.5 Å². The predicted octanol–water partition coefficient (Wildman–Crippen LogP) is 5.48. The number of aromatic amines is 1. The summed E-state index contributed by atoms with van der Waals surface area (Å²) in [6, 6.07) is 15.2. The van der Waals surface area contributed by atoms with Gasteiger partial charge in [-0.05, 0) is 47.5 Å². The zero-order valence-corrected chi connectivity index (χ0v) is 19.6. The second-order valence-corrected chi connectivity index (χ2v) is 8.50. The molecule has 5 aromatic rings. The predicted molar refractivity (Wildman–Crippen MR) is 135 cm³/mol. The highest BCUT2D eigenvalue weighted by Crippen LogP contribution is 2.33. The number of H-pyrrole nitrogens is 1. The normalized spacial score (nSPS) is 12.4. The molecule has 38 heavy (non-hydrogen) atoms. The molecule has 2 aromatic carbocycles. The van der Waals surface area contributed by atoms with Gasteiger partial charge in [0.2, 0.25) is 0 Å². The summed E-state index contributed by atoms with van der Waals surface area (Å²) in [5, 5.41) is 23.7. The van der Waals surface area contributed by atoms with Crippen LogP contribution in [0.2, 0.25) is 0 Å². The van der Waals surface area contributed by atoms with Crippen LogP contribution in [0, 0.1) is 5.82 Å². The number of hydrogen-bond donors (Lipinski definition) is 5. The van der Waals surface area contributed by atoms with Crippen molar-refractivity contribution < 1.29 is 22.7 Å². The number of rotatable bonds is 7. The van der Waals surface area contributed by atoms with Crippen molar-refractivity contribution in [2.75, 3.05) is 16.4 Å². The van der Waals surface area contributed by atoms with Crippen LogP contribution in [0.4, 0.5) is 34.9 Å². The summed E-state index contributed by atoms with van der Waals surface area (Å²) in [7, 11) is 0. The van der Waals surface area contributed by atoms with Crippen molar-refractivity contribution in [2.45, 2.75) is 18.9 Å². The molecule has 0 saturated carbocycles. The van der Waals surface area contributed by atoms with E-state index in [2.05, 4.69) is 30.8 Å². The molecular formula is C26H21F4N7O. The van der Waals surface area contributed by atoms with Crippen molar-refractivity contribution in [2.24, 2.45) is 0 Å². The number of fused-ring (bicyclic) bond motifs is 1. The second-order valence-electron chi connectivity index (χ2n) is 8.50. The minimum atomic E-state index is -4.65. The average Bonchev–Trinajstić information content (AvgIpc) is 3.28. The van der Waals surface area contributed by atoms with Crippen molar-refractivity contribution in [3.63, 3.8) is 0 Å². The first-order chi connectivity index (χ1) is 18.2. The van der Waals surface area contributed by atoms with Crippen LogP contribution in [0.3, 0.4) is 0 Å². The summed E-state index contributed by atoms with van der Waals surface area (Å²) in [6.45, 7) is 0.223. The molecule has 0 aliphatic rings. The van der Waals surface area contributed by atoms with Gasteiger partial charge in [-0.2, -0.15) is 18.3 Å². The van der Waals surface area contributed by atoms with Gasteiger partial charge in [-0.25, -0.2) is 14.4 Å². The summed E-state index contributed by atoms with van der Waals surface area (Å²) in [4.78, 5) is 8.20. The molecule has 0 radical (unpaired) electrons. The molecule has 0 fully saturated rings. The zero-order chi connectivity index (χ0) is 26.9. The molecule has 12 heteroatoms. The lowest BCUT2D eigenvalue weighted by Gasteiger charge is -2.20. The van der Waals surface area contributed by atoms with Crippen LogP contribution in [0.25, 0.3) is 22.2 Å². The number of pyridine rings is 2. The van der Waals surface area contributed by atoms with Crippen LogP contribution in [-0.2, 0) is 12.7 Å². The first kappa shape index (κ1) is 25.0. The van der Waals surface area contributed by atoms with Crippen molar-refractivity contribution >= 4 is 28.4 Å². The number of nitrogens with two attached hydrogens (primary N) is 1. The third-order valence-corrected chi connectivity index (χ3v) is 5.87. The fraction of sp³-hybridized carbons (Fsp3) is 0.115. The number of aromatic nitrogens is 4. The Morgan fingerprint density at radius 3 is 2.39 bits per heavy atom. The monoisotopic (exact) mass is 523 g/mol. The number of alkyl halides is 3. The van der Waals surface area contributed by atoms with Crippen LogP contribution in [0.1, 0.15) is 22.9 Å². The van der Waals surface area contributed by atoms with E-state index in [1.54, 1.807) is 6.20 Å². The standard InChI is InChI=1S/C26H21F4N7O/c27-18-5-7-19(8-6-18)35-25(38)21-10-17(26(28,29)30)13-34-23(21)32-11-14-1-3-15(4-2-14)16-9-20-22(31)36-37-24(20)33-12-16/h1-10,12-13,25,35,38H,11H2,(H,32,34)(H3,31,33,36,37). The number of anilines is 3. The molecule has 1 unspecified atom stereocenters. The lowest BCUT2D eigenvalue weighted by Crippen LogP contribution is -2.16. The van der Waals surface area contributed by atoms with Crippen molar-refractivity contribution in [3.05, 3.63) is 95.6 Å². The number of hydrogen-bond acceptors (Lipinski definition) is 7. The van der Waals surface area contributed by atoms with E-state index in [0.717, 1.165) is 22.8 Å². The molecule has 0 saturated heterocycles. The lowest BCUT2D eigenvalue weighted by molar-refractivity contribution is -0.137. The van der Waals surface area contributed by atoms with E-state index in [1.165, 1.54) is 24.3 Å². The molecule has 0 bridgehead atoms. The average molecular weight is 523 g/mol. The van der Waals surface area contributed by atoms with Crippen LogP contribution < -0.4 is 16.4 Å². The lowest BCUT2D eigenvalue weighted by atomic mass is 10.0. The van der Waals surface area contributed by atoms with Gasteiger partial charge in [0, 0.05) is 35.8 Å². The highest BCUT2D eigenvalue weighted by Gasteiger charge is 2.32. The molecule has 3 heterocycles. The largest absolute Gasteiger partial charge is 0.417 e. The summed E-state index contributed by atoms with van der Waals surface area (Å²) in [5.41, 5.74) is 8.15. The van der Waals surface area contributed by atoms with Gasteiger partial charge in [-0.15, -0.1) is 0 Å². The first-order valence-electron chi connectivity index (χ1n) is 11.4. The van der Waals surface area contributed by atoms with Gasteiger partial charge in [0.05, 0.1) is 10.9 Å². The van der Waals surface area contributed by atoms with Crippen molar-refractivity contribution in [1.29, 1.82) is 0 Å². The van der Waals surface area contributed by atoms with Gasteiger partial charge in [0.25, 0.3) is 0 Å². The first-order valence-corrected chi connectivity index (χ1v) is 11.4. The Morgan fingerprint density at radius 2 is 1.68 bits per heavy atom. The smallest absolute Gasteiger partial charge is 0.384 e. The summed E-state index contributed by atoms with van der Waals surface area (Å²) >= 11 is 0. The van der Waals surface area contributed by atoms with E-state index in [-0.39, 0.29) is 17.9 Å². The highest BCUT2D eigenvalue weighted by atomic mass is 19.4. The Hall–Kier alpha value is -4.71. The SMILES string of the molecule is Nc1[nH]nc2ncc(-c3ccc(CNc4ncc(C(F)(F)F)cc4C(O)Nc4ccc(F)cc4)cc3)cc12. The minimum absolute atomic E-state index is 0.0641. The molecule has 6 N–H and O–H groups in total. The van der Waals surface area contributed by atoms with E-state index in [1.807, 2.05) is 30.3 Å². The molecule has 1 atom stereocenters. The molecular weight excluding hydrogens is 502 g/mol. The van der Waals surface area contributed by atoms with Crippen LogP contribution in [-0.4, -0.2) is 25.3 Å². The van der Waals surface area contributed by atoms with Crippen LogP contribution in [0.15, 0.2) is 73.1 Å². The van der Waals surface area contributed by atoms with Crippen molar-refractivity contribution in [3.8, 4) is 11.1 Å². The summed E-state index contributed by atoms with van der Waals surface area (Å²) < 4.78 is 53.2. The number of halogens is 4. The summed E-state index contributed by atoms with van der Waals surface area (Å²) in [6.07, 6.45) is -3.81. The number of aliphatic hydroxyl groups is 1. The number of nitrogens with one attached hydrogen (secondary N) is 3. The molecule has 8 nitrogen and oxygen atoms in total. The van der Waals surface area contributed by atoms with Gasteiger partial charge in [-0.3, -0.25) is 5.10 Å². The topological polar surface area (TPSA) is 125 Å². The quantitative estimate of drug-likeness (QED) is 0.141. The molecule has 0 aliphatic heterocycles. The molecule has 0 spiro atoms. The molecule has 5 rings (SSSR count). The number of aliphatic hydroxyl groups excluding tert-OH is 1.